The number of halogens is 1. The zero-order valence-electron chi connectivity index (χ0n) is 16.5. The van der Waals surface area contributed by atoms with Crippen LogP contribution >= 0.6 is 35.2 Å². The van der Waals surface area contributed by atoms with Crippen molar-refractivity contribution in [3.05, 3.63) is 75.6 Å². The molecule has 0 spiro atoms. The Morgan fingerprint density at radius 1 is 1.07 bits per heavy atom. The molecule has 0 saturated carbocycles. The molecule has 4 rings (SSSR count). The summed E-state index contributed by atoms with van der Waals surface area (Å²) in [5.41, 5.74) is 3.28. The van der Waals surface area contributed by atoms with Crippen molar-refractivity contribution in [2.75, 3.05) is 16.0 Å². The average Bonchev–Trinajstić information content (AvgIpc) is 3.07. The molecule has 0 aliphatic heterocycles. The standard InChI is InChI=1S/C23H22ClN3OS2/c1-14-11-12-16-19(13-14)30-22(27-23(29)25-15-7-3-2-4-8-15)20(16)21(28)26-18-10-6-5-9-17(18)24/h2-10,14H,11-13H2,1H3,(H,26,28)(H2,25,27,29). The molecule has 1 unspecified atom stereocenters. The van der Waals surface area contributed by atoms with E-state index in [1.165, 1.54) is 4.88 Å². The Labute approximate surface area is 190 Å². The topological polar surface area (TPSA) is 53.2 Å². The minimum absolute atomic E-state index is 0.167. The van der Waals surface area contributed by atoms with Crippen LogP contribution in [0.25, 0.3) is 0 Å². The number of carbonyl (C=O) groups excluding carboxylic acids is 1. The van der Waals surface area contributed by atoms with E-state index in [4.69, 9.17) is 23.8 Å². The van der Waals surface area contributed by atoms with E-state index in [1.807, 2.05) is 42.5 Å². The summed E-state index contributed by atoms with van der Waals surface area (Å²) >= 11 is 13.4. The fraction of sp³-hybridized carbons (Fsp3) is 0.217. The van der Waals surface area contributed by atoms with Gasteiger partial charge in [-0.25, -0.2) is 0 Å². The Morgan fingerprint density at radius 2 is 1.80 bits per heavy atom. The monoisotopic (exact) mass is 455 g/mol. The predicted molar refractivity (Wildman–Crippen MR) is 131 cm³/mol. The lowest BCUT2D eigenvalue weighted by Gasteiger charge is -2.19. The number of thiophene rings is 1. The van der Waals surface area contributed by atoms with E-state index in [2.05, 4.69) is 22.9 Å². The van der Waals surface area contributed by atoms with Crippen molar-refractivity contribution >= 4 is 62.6 Å². The van der Waals surface area contributed by atoms with Gasteiger partial charge in [0.15, 0.2) is 5.11 Å². The van der Waals surface area contributed by atoms with Crippen LogP contribution in [0.4, 0.5) is 16.4 Å². The maximum absolute atomic E-state index is 13.3. The van der Waals surface area contributed by atoms with Gasteiger partial charge in [-0.2, -0.15) is 0 Å². The highest BCUT2D eigenvalue weighted by atomic mass is 35.5. The number of hydrogen-bond acceptors (Lipinski definition) is 3. The number of thiocarbonyl (C=S) groups is 1. The number of hydrogen-bond donors (Lipinski definition) is 3. The first-order valence-electron chi connectivity index (χ1n) is 9.84. The molecule has 30 heavy (non-hydrogen) atoms. The first-order chi connectivity index (χ1) is 14.5. The first-order valence-corrected chi connectivity index (χ1v) is 11.4. The van der Waals surface area contributed by atoms with Crippen molar-refractivity contribution in [3.8, 4) is 0 Å². The van der Waals surface area contributed by atoms with Gasteiger partial charge in [0.25, 0.3) is 5.91 Å². The lowest BCUT2D eigenvalue weighted by atomic mass is 9.88. The zero-order chi connectivity index (χ0) is 21.1. The average molecular weight is 456 g/mol. The van der Waals surface area contributed by atoms with Gasteiger partial charge in [0.05, 0.1) is 16.3 Å². The summed E-state index contributed by atoms with van der Waals surface area (Å²) < 4.78 is 0. The number of anilines is 3. The Bertz CT molecular complexity index is 1080. The molecule has 0 bridgehead atoms. The third-order valence-electron chi connectivity index (χ3n) is 5.12. The van der Waals surface area contributed by atoms with Gasteiger partial charge in [-0.3, -0.25) is 4.79 Å². The lowest BCUT2D eigenvalue weighted by molar-refractivity contribution is 0.102. The van der Waals surface area contributed by atoms with Crippen LogP contribution in [0.1, 0.15) is 34.1 Å². The van der Waals surface area contributed by atoms with Crippen LogP contribution in [0, 0.1) is 5.92 Å². The minimum Gasteiger partial charge on any atom is -0.332 e. The molecule has 0 fully saturated rings. The molecule has 0 saturated heterocycles. The van der Waals surface area contributed by atoms with E-state index in [0.29, 0.717) is 27.3 Å². The van der Waals surface area contributed by atoms with Crippen molar-refractivity contribution < 1.29 is 4.79 Å². The summed E-state index contributed by atoms with van der Waals surface area (Å²) in [5.74, 6) is 0.443. The van der Waals surface area contributed by atoms with E-state index >= 15 is 0 Å². The van der Waals surface area contributed by atoms with Crippen LogP contribution in [-0.2, 0) is 12.8 Å². The van der Waals surface area contributed by atoms with Crippen molar-refractivity contribution in [1.29, 1.82) is 0 Å². The van der Waals surface area contributed by atoms with Crippen LogP contribution in [-0.4, -0.2) is 11.0 Å². The van der Waals surface area contributed by atoms with E-state index in [-0.39, 0.29) is 5.91 Å². The van der Waals surface area contributed by atoms with Gasteiger partial charge in [0.1, 0.15) is 5.00 Å². The molecule has 3 aromatic rings. The smallest absolute Gasteiger partial charge is 0.258 e. The molecule has 7 heteroatoms. The molecular formula is C23H22ClN3OS2. The highest BCUT2D eigenvalue weighted by molar-refractivity contribution is 7.80. The largest absolute Gasteiger partial charge is 0.332 e. The van der Waals surface area contributed by atoms with Gasteiger partial charge in [0, 0.05) is 10.6 Å². The van der Waals surface area contributed by atoms with E-state index in [0.717, 1.165) is 35.5 Å². The van der Waals surface area contributed by atoms with Gasteiger partial charge in [0.2, 0.25) is 0 Å². The highest BCUT2D eigenvalue weighted by Crippen LogP contribution is 2.40. The molecule has 1 amide bonds. The van der Waals surface area contributed by atoms with Crippen LogP contribution in [0.15, 0.2) is 54.6 Å². The van der Waals surface area contributed by atoms with E-state index in [9.17, 15) is 4.79 Å². The van der Waals surface area contributed by atoms with Crippen molar-refractivity contribution in [3.63, 3.8) is 0 Å². The van der Waals surface area contributed by atoms with Crippen molar-refractivity contribution in [2.45, 2.75) is 26.2 Å². The van der Waals surface area contributed by atoms with Crippen LogP contribution in [0.5, 0.6) is 0 Å². The molecule has 1 aromatic heterocycles. The molecule has 1 aliphatic rings. The number of benzene rings is 2. The van der Waals surface area contributed by atoms with E-state index < -0.39 is 0 Å². The Hall–Kier alpha value is -2.41. The molecule has 1 heterocycles. The Morgan fingerprint density at radius 3 is 2.57 bits per heavy atom. The van der Waals surface area contributed by atoms with Crippen LogP contribution in [0.2, 0.25) is 5.02 Å². The summed E-state index contributed by atoms with van der Waals surface area (Å²) in [7, 11) is 0. The fourth-order valence-electron chi connectivity index (χ4n) is 3.61. The maximum atomic E-state index is 13.3. The van der Waals surface area contributed by atoms with Crippen LogP contribution < -0.4 is 16.0 Å². The molecule has 1 aliphatic carbocycles. The zero-order valence-corrected chi connectivity index (χ0v) is 18.9. The van der Waals surface area contributed by atoms with Gasteiger partial charge in [-0.15, -0.1) is 11.3 Å². The lowest BCUT2D eigenvalue weighted by Crippen LogP contribution is -2.22. The molecule has 3 N–H and O–H groups in total. The number of carbonyl (C=O) groups is 1. The maximum Gasteiger partial charge on any atom is 0.258 e. The summed E-state index contributed by atoms with van der Waals surface area (Å²) in [4.78, 5) is 14.5. The second-order valence-electron chi connectivity index (χ2n) is 7.44. The van der Waals surface area contributed by atoms with Gasteiger partial charge >= 0.3 is 0 Å². The molecule has 4 nitrogen and oxygen atoms in total. The number of amides is 1. The number of nitrogens with one attached hydrogen (secondary N) is 3. The highest BCUT2D eigenvalue weighted by Gasteiger charge is 2.28. The number of rotatable bonds is 4. The Balaban J connectivity index is 1.62. The second-order valence-corrected chi connectivity index (χ2v) is 9.36. The quantitative estimate of drug-likeness (QED) is 0.388. The van der Waals surface area contributed by atoms with Crippen molar-refractivity contribution in [1.82, 2.24) is 0 Å². The predicted octanol–water partition coefficient (Wildman–Crippen LogP) is 6.59. The fourth-order valence-corrected chi connectivity index (χ4v) is 5.49. The van der Waals surface area contributed by atoms with Gasteiger partial charge < -0.3 is 16.0 Å². The molecular weight excluding hydrogens is 434 g/mol. The van der Waals surface area contributed by atoms with Crippen LogP contribution in [0.3, 0.4) is 0 Å². The van der Waals surface area contributed by atoms with Gasteiger partial charge in [-0.05, 0) is 67.2 Å². The third kappa shape index (κ3) is 4.67. The third-order valence-corrected chi connectivity index (χ3v) is 6.82. The first kappa shape index (κ1) is 20.8. The molecule has 2 aromatic carbocycles. The molecule has 0 radical (unpaired) electrons. The Kier molecular flexibility index (Phi) is 6.37. The SMILES string of the molecule is CC1CCc2c(sc(NC(=S)Nc3ccccc3)c2C(=O)Nc2ccccc2Cl)C1. The summed E-state index contributed by atoms with van der Waals surface area (Å²) in [6.45, 7) is 2.25. The van der Waals surface area contributed by atoms with E-state index in [1.54, 1.807) is 23.5 Å². The summed E-state index contributed by atoms with van der Waals surface area (Å²) in [5, 5.41) is 11.1. The second kappa shape index (κ2) is 9.16. The number of para-hydroxylation sites is 2. The summed E-state index contributed by atoms with van der Waals surface area (Å²) in [6.07, 6.45) is 2.94. The normalized spacial score (nSPS) is 15.2. The van der Waals surface area contributed by atoms with Crippen molar-refractivity contribution in [2.24, 2.45) is 5.92 Å². The molecule has 154 valence electrons. The van der Waals surface area contributed by atoms with Gasteiger partial charge in [-0.1, -0.05) is 48.9 Å². The molecule has 1 atom stereocenters. The number of fused-ring (bicyclic) bond motifs is 1. The minimum atomic E-state index is -0.167. The summed E-state index contributed by atoms with van der Waals surface area (Å²) in [6, 6.07) is 17.0.